The molecule has 0 aromatic heterocycles. The van der Waals surface area contributed by atoms with E-state index in [4.69, 9.17) is 16.3 Å². The number of likely N-dealkylation sites (tertiary alicyclic amines) is 1. The third-order valence-electron chi connectivity index (χ3n) is 4.78. The van der Waals surface area contributed by atoms with E-state index in [9.17, 15) is 14.0 Å². The number of hydrogen-bond acceptors (Lipinski definition) is 3. The van der Waals surface area contributed by atoms with Gasteiger partial charge in [-0.3, -0.25) is 9.59 Å². The third kappa shape index (κ3) is 5.26. The lowest BCUT2D eigenvalue weighted by Gasteiger charge is -2.25. The molecule has 0 saturated carbocycles. The van der Waals surface area contributed by atoms with Crippen LogP contribution in [0, 0.1) is 5.82 Å². The second-order valence-electron chi connectivity index (χ2n) is 7.38. The second-order valence-corrected chi connectivity index (χ2v) is 7.79. The van der Waals surface area contributed by atoms with Gasteiger partial charge in [-0.2, -0.15) is 0 Å². The van der Waals surface area contributed by atoms with Crippen molar-refractivity contribution < 1.29 is 18.7 Å². The number of nitrogens with one attached hydrogen (secondary N) is 1. The highest BCUT2D eigenvalue weighted by Gasteiger charge is 2.31. The Balaban J connectivity index is 1.61. The lowest BCUT2D eigenvalue weighted by molar-refractivity contribution is 0.0691. The standard InChI is InChI=1S/C22H24ClFN2O3/c1-14(2)25-21(27)15-5-8-18(9-6-15)29-13-17-4-3-11-26(17)22(28)19-10-7-16(24)12-20(19)23/h5-10,12,14,17H,3-4,11,13H2,1-2H3,(H,25,27)/t17-/m1/s1. The van der Waals surface area contributed by atoms with Crippen LogP contribution >= 0.6 is 11.6 Å². The zero-order valence-electron chi connectivity index (χ0n) is 16.5. The predicted molar refractivity (Wildman–Crippen MR) is 110 cm³/mol. The molecule has 2 amide bonds. The fourth-order valence-corrected chi connectivity index (χ4v) is 3.58. The van der Waals surface area contributed by atoms with Crippen LogP contribution in [0.3, 0.4) is 0 Å². The van der Waals surface area contributed by atoms with E-state index in [1.807, 2.05) is 13.8 Å². The van der Waals surface area contributed by atoms with Crippen LogP contribution in [0.1, 0.15) is 47.4 Å². The fraction of sp³-hybridized carbons (Fsp3) is 0.364. The van der Waals surface area contributed by atoms with Gasteiger partial charge in [0.05, 0.1) is 16.6 Å². The highest BCUT2D eigenvalue weighted by Crippen LogP contribution is 2.25. The molecule has 1 saturated heterocycles. The number of nitrogens with zero attached hydrogens (tertiary/aromatic N) is 1. The van der Waals surface area contributed by atoms with Gasteiger partial charge in [0.1, 0.15) is 18.2 Å². The van der Waals surface area contributed by atoms with Crippen molar-refractivity contribution in [3.63, 3.8) is 0 Å². The Hall–Kier alpha value is -2.60. The monoisotopic (exact) mass is 418 g/mol. The lowest BCUT2D eigenvalue weighted by Crippen LogP contribution is -2.39. The molecule has 3 rings (SSSR count). The summed E-state index contributed by atoms with van der Waals surface area (Å²) >= 11 is 6.04. The van der Waals surface area contributed by atoms with Gasteiger partial charge >= 0.3 is 0 Å². The van der Waals surface area contributed by atoms with Crippen LogP contribution in [0.5, 0.6) is 5.75 Å². The van der Waals surface area contributed by atoms with E-state index >= 15 is 0 Å². The average Bonchev–Trinajstić information content (AvgIpc) is 3.14. The molecule has 1 aliphatic heterocycles. The number of carbonyl (C=O) groups excluding carboxylic acids is 2. The Morgan fingerprint density at radius 1 is 1.24 bits per heavy atom. The highest BCUT2D eigenvalue weighted by atomic mass is 35.5. The molecule has 29 heavy (non-hydrogen) atoms. The van der Waals surface area contributed by atoms with Gasteiger partial charge in [0.25, 0.3) is 11.8 Å². The third-order valence-corrected chi connectivity index (χ3v) is 5.09. The van der Waals surface area contributed by atoms with Crippen LogP contribution in [0.2, 0.25) is 5.02 Å². The Labute approximate surface area is 174 Å². The van der Waals surface area contributed by atoms with Gasteiger partial charge in [0.15, 0.2) is 0 Å². The molecule has 2 aromatic rings. The number of rotatable bonds is 6. The minimum atomic E-state index is -0.474. The first-order chi connectivity index (χ1) is 13.8. The second kappa shape index (κ2) is 9.27. The molecule has 1 aliphatic rings. The van der Waals surface area contributed by atoms with Gasteiger partial charge in [0, 0.05) is 18.2 Å². The minimum Gasteiger partial charge on any atom is -0.491 e. The summed E-state index contributed by atoms with van der Waals surface area (Å²) in [5.41, 5.74) is 0.857. The van der Waals surface area contributed by atoms with E-state index in [2.05, 4.69) is 5.32 Å². The van der Waals surface area contributed by atoms with Crippen molar-refractivity contribution in [2.24, 2.45) is 0 Å². The van der Waals surface area contributed by atoms with Crippen molar-refractivity contribution in [3.8, 4) is 5.75 Å². The first-order valence-corrected chi connectivity index (χ1v) is 10.0. The van der Waals surface area contributed by atoms with E-state index in [0.29, 0.717) is 30.0 Å². The summed E-state index contributed by atoms with van der Waals surface area (Å²) in [6.07, 6.45) is 1.69. The summed E-state index contributed by atoms with van der Waals surface area (Å²) in [6.45, 7) is 4.75. The summed E-state index contributed by atoms with van der Waals surface area (Å²) in [4.78, 5) is 26.6. The van der Waals surface area contributed by atoms with Crippen molar-refractivity contribution in [1.29, 1.82) is 0 Å². The number of amides is 2. The van der Waals surface area contributed by atoms with Gasteiger partial charge in [-0.05, 0) is 69.2 Å². The number of benzene rings is 2. The molecule has 2 aromatic carbocycles. The number of ether oxygens (including phenoxy) is 1. The van der Waals surface area contributed by atoms with Crippen LogP contribution < -0.4 is 10.1 Å². The van der Waals surface area contributed by atoms with Gasteiger partial charge in [-0.15, -0.1) is 0 Å². The molecular formula is C22H24ClFN2O3. The zero-order valence-corrected chi connectivity index (χ0v) is 17.2. The largest absolute Gasteiger partial charge is 0.491 e. The maximum atomic E-state index is 13.3. The first kappa shape index (κ1) is 21.1. The minimum absolute atomic E-state index is 0.0684. The Bertz CT molecular complexity index is 886. The van der Waals surface area contributed by atoms with E-state index in [0.717, 1.165) is 18.9 Å². The Morgan fingerprint density at radius 3 is 2.62 bits per heavy atom. The van der Waals surface area contributed by atoms with Gasteiger partial charge in [-0.1, -0.05) is 11.6 Å². The maximum Gasteiger partial charge on any atom is 0.255 e. The molecular weight excluding hydrogens is 395 g/mol. The van der Waals surface area contributed by atoms with Crippen LogP contribution in [0.4, 0.5) is 4.39 Å². The molecule has 0 bridgehead atoms. The van der Waals surface area contributed by atoms with Gasteiger partial charge < -0.3 is 15.0 Å². The van der Waals surface area contributed by atoms with Crippen molar-refractivity contribution in [2.75, 3.05) is 13.2 Å². The van der Waals surface area contributed by atoms with Crippen LogP contribution in [-0.2, 0) is 0 Å². The molecule has 154 valence electrons. The summed E-state index contributed by atoms with van der Waals surface area (Å²) < 4.78 is 19.1. The summed E-state index contributed by atoms with van der Waals surface area (Å²) in [5.74, 6) is -0.194. The zero-order chi connectivity index (χ0) is 21.0. The number of hydrogen-bond donors (Lipinski definition) is 1. The van der Waals surface area contributed by atoms with Crippen molar-refractivity contribution >= 4 is 23.4 Å². The summed E-state index contributed by atoms with van der Waals surface area (Å²) in [6, 6.07) is 10.7. The van der Waals surface area contributed by atoms with Crippen LogP contribution in [-0.4, -0.2) is 41.9 Å². The molecule has 5 nitrogen and oxygen atoms in total. The molecule has 1 N–H and O–H groups in total. The SMILES string of the molecule is CC(C)NC(=O)c1ccc(OC[C@H]2CCCN2C(=O)c2ccc(F)cc2Cl)cc1. The molecule has 1 heterocycles. The van der Waals surface area contributed by atoms with Crippen molar-refractivity contribution in [3.05, 3.63) is 64.4 Å². The number of halogens is 2. The molecule has 0 spiro atoms. The molecule has 1 atom stereocenters. The average molecular weight is 419 g/mol. The van der Waals surface area contributed by atoms with Crippen molar-refractivity contribution in [1.82, 2.24) is 10.2 Å². The molecule has 7 heteroatoms. The van der Waals surface area contributed by atoms with Gasteiger partial charge in [0.2, 0.25) is 0 Å². The lowest BCUT2D eigenvalue weighted by atomic mass is 10.1. The predicted octanol–water partition coefficient (Wildman–Crippen LogP) is 4.30. The number of carbonyl (C=O) groups is 2. The highest BCUT2D eigenvalue weighted by molar-refractivity contribution is 6.33. The normalized spacial score (nSPS) is 16.2. The molecule has 1 fully saturated rings. The van der Waals surface area contributed by atoms with Crippen molar-refractivity contribution in [2.45, 2.75) is 38.8 Å². The smallest absolute Gasteiger partial charge is 0.255 e. The van der Waals surface area contributed by atoms with E-state index < -0.39 is 5.82 Å². The van der Waals surface area contributed by atoms with E-state index in [1.165, 1.54) is 12.1 Å². The van der Waals surface area contributed by atoms with E-state index in [1.54, 1.807) is 29.2 Å². The first-order valence-electron chi connectivity index (χ1n) is 9.65. The maximum absolute atomic E-state index is 13.3. The van der Waals surface area contributed by atoms with E-state index in [-0.39, 0.29) is 28.9 Å². The molecule has 0 aliphatic carbocycles. The quantitative estimate of drug-likeness (QED) is 0.760. The molecule has 0 unspecified atom stereocenters. The molecule has 0 radical (unpaired) electrons. The van der Waals surface area contributed by atoms with Crippen LogP contribution in [0.25, 0.3) is 0 Å². The Morgan fingerprint density at radius 2 is 1.97 bits per heavy atom. The van der Waals surface area contributed by atoms with Gasteiger partial charge in [-0.25, -0.2) is 4.39 Å². The fourth-order valence-electron chi connectivity index (χ4n) is 3.33. The van der Waals surface area contributed by atoms with Crippen LogP contribution in [0.15, 0.2) is 42.5 Å². The topological polar surface area (TPSA) is 58.6 Å². The summed E-state index contributed by atoms with van der Waals surface area (Å²) in [5, 5.41) is 2.95. The Kier molecular flexibility index (Phi) is 6.75. The summed E-state index contributed by atoms with van der Waals surface area (Å²) in [7, 11) is 0.